The Kier molecular flexibility index (Phi) is 4.10. The maximum absolute atomic E-state index is 11.1. The molecule has 1 rings (SSSR count). The Bertz CT molecular complexity index is 497. The largest absolute Gasteiger partial charge is 0.369 e. The van der Waals surface area contributed by atoms with Gasteiger partial charge in [-0.3, -0.25) is 9.59 Å². The van der Waals surface area contributed by atoms with Crippen LogP contribution in [-0.4, -0.2) is 11.7 Å². The maximum Gasteiger partial charge on any atom is 0.229 e. The third-order valence-electron chi connectivity index (χ3n) is 1.84. The lowest BCUT2D eigenvalue weighted by Gasteiger charge is -1.99. The van der Waals surface area contributed by atoms with E-state index < -0.39 is 5.91 Å². The topological polar surface area (TPSA) is 60.2 Å². The van der Waals surface area contributed by atoms with Gasteiger partial charge >= 0.3 is 0 Å². The van der Waals surface area contributed by atoms with E-state index in [1.807, 2.05) is 0 Å². The first-order valence-electron chi connectivity index (χ1n) is 4.58. The Hall–Kier alpha value is -1.79. The van der Waals surface area contributed by atoms with Crippen molar-refractivity contribution in [1.82, 2.24) is 0 Å². The number of halogens is 1. The predicted octanol–water partition coefficient (Wildman–Crippen LogP) is 1.77. The molecule has 0 aliphatic heterocycles. The van der Waals surface area contributed by atoms with Gasteiger partial charge in [0.15, 0.2) is 5.78 Å². The molecule has 0 radical (unpaired) electrons. The van der Waals surface area contributed by atoms with E-state index in [9.17, 15) is 9.59 Å². The van der Waals surface area contributed by atoms with Gasteiger partial charge in [-0.05, 0) is 25.1 Å². The summed E-state index contributed by atoms with van der Waals surface area (Å²) in [6.07, 6.45) is 0.00603. The van der Waals surface area contributed by atoms with Gasteiger partial charge in [-0.15, -0.1) is 0 Å². The maximum atomic E-state index is 11.1. The second-order valence-electron chi connectivity index (χ2n) is 3.20. The Morgan fingerprint density at radius 2 is 2.12 bits per heavy atom. The van der Waals surface area contributed by atoms with Crippen LogP contribution in [0.25, 0.3) is 0 Å². The highest BCUT2D eigenvalue weighted by molar-refractivity contribution is 6.33. The van der Waals surface area contributed by atoms with Crippen LogP contribution in [0.15, 0.2) is 18.2 Å². The summed E-state index contributed by atoms with van der Waals surface area (Å²) in [5, 5.41) is 0.360. The van der Waals surface area contributed by atoms with Gasteiger partial charge in [-0.1, -0.05) is 23.4 Å². The van der Waals surface area contributed by atoms with Gasteiger partial charge in [-0.2, -0.15) is 0 Å². The van der Waals surface area contributed by atoms with E-state index in [4.69, 9.17) is 17.3 Å². The number of Topliss-reactive ketones (excluding diaryl/α,β-unsaturated/α-hetero) is 1. The second kappa shape index (κ2) is 5.34. The first-order valence-corrected chi connectivity index (χ1v) is 4.96. The zero-order chi connectivity index (χ0) is 12.1. The molecule has 1 amide bonds. The molecule has 0 spiro atoms. The number of carbonyl (C=O) groups is 2. The van der Waals surface area contributed by atoms with Crippen molar-refractivity contribution < 1.29 is 9.59 Å². The summed E-state index contributed by atoms with van der Waals surface area (Å²) < 4.78 is 0. The molecule has 1 aromatic carbocycles. The summed E-state index contributed by atoms with van der Waals surface area (Å²) in [5.74, 6) is 4.78. The van der Waals surface area contributed by atoms with Crippen molar-refractivity contribution in [2.45, 2.75) is 13.3 Å². The molecule has 0 aromatic heterocycles. The number of benzene rings is 1. The Morgan fingerprint density at radius 3 is 2.62 bits per heavy atom. The third-order valence-corrected chi connectivity index (χ3v) is 2.16. The molecule has 0 saturated carbocycles. The Labute approximate surface area is 98.6 Å². The fourth-order valence-electron chi connectivity index (χ4n) is 1.11. The van der Waals surface area contributed by atoms with Crippen molar-refractivity contribution in [1.29, 1.82) is 0 Å². The molecule has 3 nitrogen and oxygen atoms in total. The van der Waals surface area contributed by atoms with Crippen LogP contribution < -0.4 is 5.73 Å². The first kappa shape index (κ1) is 12.3. The number of hydrogen-bond acceptors (Lipinski definition) is 2. The van der Waals surface area contributed by atoms with Gasteiger partial charge < -0.3 is 5.73 Å². The van der Waals surface area contributed by atoms with E-state index in [1.54, 1.807) is 18.2 Å². The van der Waals surface area contributed by atoms with Gasteiger partial charge in [-0.25, -0.2) is 0 Å². The van der Waals surface area contributed by atoms with Gasteiger partial charge in [0.2, 0.25) is 5.91 Å². The lowest BCUT2D eigenvalue weighted by Crippen LogP contribution is -2.08. The van der Waals surface area contributed by atoms with E-state index in [2.05, 4.69) is 11.8 Å². The van der Waals surface area contributed by atoms with Crippen LogP contribution in [0.4, 0.5) is 0 Å². The fraction of sp³-hybridized carbons (Fsp3) is 0.167. The molecular formula is C12H10ClNO2. The number of rotatable bonds is 2. The Morgan fingerprint density at radius 1 is 1.44 bits per heavy atom. The number of carbonyl (C=O) groups excluding carboxylic acids is 2. The average Bonchev–Trinajstić information content (AvgIpc) is 2.16. The van der Waals surface area contributed by atoms with E-state index in [-0.39, 0.29) is 12.2 Å². The van der Waals surface area contributed by atoms with Crippen LogP contribution in [0, 0.1) is 11.8 Å². The van der Waals surface area contributed by atoms with Crippen molar-refractivity contribution in [3.8, 4) is 11.8 Å². The minimum absolute atomic E-state index is 0.00603. The summed E-state index contributed by atoms with van der Waals surface area (Å²) >= 11 is 5.89. The van der Waals surface area contributed by atoms with Gasteiger partial charge in [0, 0.05) is 11.1 Å². The van der Waals surface area contributed by atoms with Crippen molar-refractivity contribution in [3.63, 3.8) is 0 Å². The van der Waals surface area contributed by atoms with Gasteiger partial charge in [0.05, 0.1) is 11.4 Å². The zero-order valence-corrected chi connectivity index (χ0v) is 9.47. The highest BCUT2D eigenvalue weighted by atomic mass is 35.5. The van der Waals surface area contributed by atoms with Crippen LogP contribution in [0.5, 0.6) is 0 Å². The molecule has 0 unspecified atom stereocenters. The van der Waals surface area contributed by atoms with E-state index >= 15 is 0 Å². The molecule has 16 heavy (non-hydrogen) atoms. The van der Waals surface area contributed by atoms with Crippen LogP contribution in [0.1, 0.15) is 29.3 Å². The Balaban J connectivity index is 2.92. The van der Waals surface area contributed by atoms with Crippen molar-refractivity contribution in [2.75, 3.05) is 0 Å². The lowest BCUT2D eigenvalue weighted by molar-refractivity contribution is -0.117. The molecule has 1 aromatic rings. The first-order chi connectivity index (χ1) is 7.50. The normalized spacial score (nSPS) is 9.12. The average molecular weight is 236 g/mol. The van der Waals surface area contributed by atoms with Crippen molar-refractivity contribution in [3.05, 3.63) is 34.3 Å². The SMILES string of the molecule is CC(=O)c1ccc(C#CCC(N)=O)cc1Cl. The second-order valence-corrected chi connectivity index (χ2v) is 3.60. The molecule has 0 heterocycles. The standard InChI is InChI=1S/C12H10ClNO2/c1-8(15)10-6-5-9(7-11(10)13)3-2-4-12(14)16/h5-7H,4H2,1H3,(H2,14,16). The molecule has 0 atom stereocenters. The summed E-state index contributed by atoms with van der Waals surface area (Å²) in [4.78, 5) is 21.5. The number of ketones is 1. The molecule has 0 aliphatic carbocycles. The fourth-order valence-corrected chi connectivity index (χ4v) is 1.43. The number of amides is 1. The highest BCUT2D eigenvalue weighted by Crippen LogP contribution is 2.17. The minimum atomic E-state index is -0.473. The quantitative estimate of drug-likeness (QED) is 0.627. The predicted molar refractivity (Wildman–Crippen MR) is 62.1 cm³/mol. The molecule has 82 valence electrons. The molecule has 0 bridgehead atoms. The van der Waals surface area contributed by atoms with E-state index in [0.717, 1.165) is 0 Å². The molecule has 0 aliphatic rings. The van der Waals surface area contributed by atoms with Gasteiger partial charge in [0.1, 0.15) is 0 Å². The van der Waals surface area contributed by atoms with Crippen LogP contribution in [0.3, 0.4) is 0 Å². The molecule has 4 heteroatoms. The monoisotopic (exact) mass is 235 g/mol. The van der Waals surface area contributed by atoms with Crippen LogP contribution >= 0.6 is 11.6 Å². The molecule has 0 saturated heterocycles. The minimum Gasteiger partial charge on any atom is -0.369 e. The smallest absolute Gasteiger partial charge is 0.229 e. The molecule has 2 N–H and O–H groups in total. The number of hydrogen-bond donors (Lipinski definition) is 1. The summed E-state index contributed by atoms with van der Waals surface area (Å²) in [6.45, 7) is 1.44. The zero-order valence-electron chi connectivity index (χ0n) is 8.71. The van der Waals surface area contributed by atoms with Crippen LogP contribution in [-0.2, 0) is 4.79 Å². The number of nitrogens with two attached hydrogens (primary N) is 1. The van der Waals surface area contributed by atoms with E-state index in [0.29, 0.717) is 16.1 Å². The van der Waals surface area contributed by atoms with Crippen molar-refractivity contribution >= 4 is 23.3 Å². The number of primary amides is 1. The van der Waals surface area contributed by atoms with Gasteiger partial charge in [0.25, 0.3) is 0 Å². The highest BCUT2D eigenvalue weighted by Gasteiger charge is 2.04. The summed E-state index contributed by atoms with van der Waals surface area (Å²) in [6, 6.07) is 4.88. The summed E-state index contributed by atoms with van der Waals surface area (Å²) in [7, 11) is 0. The lowest BCUT2D eigenvalue weighted by atomic mass is 10.1. The van der Waals surface area contributed by atoms with E-state index in [1.165, 1.54) is 6.92 Å². The molecular weight excluding hydrogens is 226 g/mol. The third kappa shape index (κ3) is 3.41. The molecule has 0 fully saturated rings. The van der Waals surface area contributed by atoms with Crippen molar-refractivity contribution in [2.24, 2.45) is 5.73 Å². The summed E-state index contributed by atoms with van der Waals surface area (Å²) in [5.41, 5.74) is 6.05. The van der Waals surface area contributed by atoms with Crippen LogP contribution in [0.2, 0.25) is 5.02 Å².